The minimum absolute atomic E-state index is 0.402. The second-order valence-electron chi connectivity index (χ2n) is 3.34. The zero-order valence-electron chi connectivity index (χ0n) is 8.08. The van der Waals surface area contributed by atoms with Crippen molar-refractivity contribution in [2.75, 3.05) is 0 Å². The van der Waals surface area contributed by atoms with Crippen molar-refractivity contribution in [2.45, 2.75) is 6.67 Å². The summed E-state index contributed by atoms with van der Waals surface area (Å²) in [6, 6.07) is 15.6. The van der Waals surface area contributed by atoms with Crippen LogP contribution in [0.2, 0.25) is 0 Å². The van der Waals surface area contributed by atoms with Crippen molar-refractivity contribution in [1.82, 2.24) is 0 Å². The van der Waals surface area contributed by atoms with Crippen LogP contribution in [-0.4, -0.2) is 0 Å². The third kappa shape index (κ3) is 2.45. The van der Waals surface area contributed by atoms with Crippen LogP contribution in [0.4, 0.5) is 4.39 Å². The van der Waals surface area contributed by atoms with Gasteiger partial charge in [-0.25, -0.2) is 4.39 Å². The molecule has 0 amide bonds. The Hall–Kier alpha value is -1.15. The van der Waals surface area contributed by atoms with Crippen molar-refractivity contribution in [3.8, 4) is 11.1 Å². The van der Waals surface area contributed by atoms with E-state index >= 15 is 0 Å². The summed E-state index contributed by atoms with van der Waals surface area (Å²) in [6.45, 7) is -0.402. The van der Waals surface area contributed by atoms with E-state index in [0.717, 1.165) is 21.2 Å². The molecule has 2 aromatic rings. The Morgan fingerprint density at radius 1 is 0.800 bits per heavy atom. The number of hydrogen-bond acceptors (Lipinski definition) is 0. The predicted molar refractivity (Wildman–Crippen MR) is 64.4 cm³/mol. The Labute approximate surface area is 96.9 Å². The van der Waals surface area contributed by atoms with E-state index < -0.39 is 6.67 Å². The molecule has 0 aliphatic carbocycles. The quantitative estimate of drug-likeness (QED) is 0.745. The molecule has 0 nitrogen and oxygen atoms in total. The van der Waals surface area contributed by atoms with E-state index in [0.29, 0.717) is 0 Å². The van der Waals surface area contributed by atoms with Gasteiger partial charge in [0.05, 0.1) is 0 Å². The third-order valence-electron chi connectivity index (χ3n) is 2.29. The van der Waals surface area contributed by atoms with Crippen LogP contribution in [0.15, 0.2) is 53.0 Å². The smallest absolute Gasteiger partial charge is 0.115 e. The number of hydrogen-bond donors (Lipinski definition) is 0. The fourth-order valence-corrected chi connectivity index (χ4v) is 1.69. The fourth-order valence-electron chi connectivity index (χ4n) is 1.43. The van der Waals surface area contributed by atoms with Crippen LogP contribution in [0.5, 0.6) is 0 Å². The van der Waals surface area contributed by atoms with Gasteiger partial charge in [0, 0.05) is 4.47 Å². The molecule has 0 N–H and O–H groups in total. The van der Waals surface area contributed by atoms with Gasteiger partial charge in [-0.3, -0.25) is 0 Å². The van der Waals surface area contributed by atoms with Gasteiger partial charge in [-0.2, -0.15) is 0 Å². The fraction of sp³-hybridized carbons (Fsp3) is 0.0769. The van der Waals surface area contributed by atoms with E-state index in [1.54, 1.807) is 0 Å². The molecule has 0 aliphatic rings. The van der Waals surface area contributed by atoms with Crippen molar-refractivity contribution in [3.63, 3.8) is 0 Å². The predicted octanol–water partition coefficient (Wildman–Crippen LogP) is 4.59. The highest BCUT2D eigenvalue weighted by atomic mass is 79.9. The molecule has 76 valence electrons. The summed E-state index contributed by atoms with van der Waals surface area (Å²) in [7, 11) is 0. The summed E-state index contributed by atoms with van der Waals surface area (Å²) in [4.78, 5) is 0. The molecule has 0 unspecified atom stereocenters. The lowest BCUT2D eigenvalue weighted by Crippen LogP contribution is -1.80. The largest absolute Gasteiger partial charge is 0.246 e. The van der Waals surface area contributed by atoms with Crippen molar-refractivity contribution in [3.05, 3.63) is 58.6 Å². The molecule has 0 aliphatic heterocycles. The first-order valence-corrected chi connectivity index (χ1v) is 5.50. The summed E-state index contributed by atoms with van der Waals surface area (Å²) in [5, 5.41) is 0. The highest BCUT2D eigenvalue weighted by Gasteiger charge is 1.97. The van der Waals surface area contributed by atoms with Crippen LogP contribution in [-0.2, 0) is 6.67 Å². The normalized spacial score (nSPS) is 10.3. The second-order valence-corrected chi connectivity index (χ2v) is 4.25. The van der Waals surface area contributed by atoms with E-state index in [2.05, 4.69) is 15.9 Å². The standard InChI is InChI=1S/C13H10BrF/c14-13-7-5-12(6-8-13)11-3-1-10(9-15)2-4-11/h1-8H,9H2. The summed E-state index contributed by atoms with van der Waals surface area (Å²) in [6.07, 6.45) is 0. The van der Waals surface area contributed by atoms with Gasteiger partial charge in [0.2, 0.25) is 0 Å². The summed E-state index contributed by atoms with van der Waals surface area (Å²) in [5.41, 5.74) is 2.97. The van der Waals surface area contributed by atoms with Gasteiger partial charge in [0.15, 0.2) is 0 Å². The van der Waals surface area contributed by atoms with Gasteiger partial charge in [-0.1, -0.05) is 52.3 Å². The molecule has 0 aromatic heterocycles. The van der Waals surface area contributed by atoms with Crippen LogP contribution >= 0.6 is 15.9 Å². The van der Waals surface area contributed by atoms with E-state index in [1.807, 2.05) is 48.5 Å². The summed E-state index contributed by atoms with van der Waals surface area (Å²) < 4.78 is 13.4. The van der Waals surface area contributed by atoms with E-state index in [-0.39, 0.29) is 0 Å². The second kappa shape index (κ2) is 4.58. The van der Waals surface area contributed by atoms with Gasteiger partial charge in [-0.15, -0.1) is 0 Å². The zero-order chi connectivity index (χ0) is 10.7. The van der Waals surface area contributed by atoms with Crippen molar-refractivity contribution in [2.24, 2.45) is 0 Å². The molecule has 0 radical (unpaired) electrons. The number of halogens is 2. The average molecular weight is 265 g/mol. The lowest BCUT2D eigenvalue weighted by atomic mass is 10.0. The Morgan fingerprint density at radius 3 is 1.73 bits per heavy atom. The molecule has 0 fully saturated rings. The van der Waals surface area contributed by atoms with Crippen molar-refractivity contribution < 1.29 is 4.39 Å². The Bertz CT molecular complexity index is 431. The molecule has 0 saturated carbocycles. The van der Waals surface area contributed by atoms with Crippen LogP contribution in [0.3, 0.4) is 0 Å². The first-order chi connectivity index (χ1) is 7.29. The Balaban J connectivity index is 2.33. The van der Waals surface area contributed by atoms with Crippen LogP contribution < -0.4 is 0 Å². The summed E-state index contributed by atoms with van der Waals surface area (Å²) >= 11 is 3.39. The molecule has 2 rings (SSSR count). The minimum atomic E-state index is -0.402. The molecule has 0 saturated heterocycles. The van der Waals surface area contributed by atoms with Gasteiger partial charge in [-0.05, 0) is 28.8 Å². The number of alkyl halides is 1. The van der Waals surface area contributed by atoms with E-state index in [9.17, 15) is 4.39 Å². The molecule has 2 aromatic carbocycles. The maximum atomic E-state index is 12.3. The van der Waals surface area contributed by atoms with Gasteiger partial charge in [0.1, 0.15) is 6.67 Å². The number of rotatable bonds is 2. The Morgan fingerprint density at radius 2 is 1.27 bits per heavy atom. The van der Waals surface area contributed by atoms with Gasteiger partial charge < -0.3 is 0 Å². The molecule has 0 atom stereocenters. The molecular weight excluding hydrogens is 255 g/mol. The van der Waals surface area contributed by atoms with Crippen LogP contribution in [0.1, 0.15) is 5.56 Å². The SMILES string of the molecule is FCc1ccc(-c2ccc(Br)cc2)cc1. The summed E-state index contributed by atoms with van der Waals surface area (Å²) in [5.74, 6) is 0. The minimum Gasteiger partial charge on any atom is -0.246 e. The van der Waals surface area contributed by atoms with Gasteiger partial charge >= 0.3 is 0 Å². The number of benzene rings is 2. The molecule has 15 heavy (non-hydrogen) atoms. The third-order valence-corrected chi connectivity index (χ3v) is 2.81. The van der Waals surface area contributed by atoms with Crippen LogP contribution in [0, 0.1) is 0 Å². The highest BCUT2D eigenvalue weighted by molar-refractivity contribution is 9.10. The first-order valence-electron chi connectivity index (χ1n) is 4.70. The topological polar surface area (TPSA) is 0 Å². The molecular formula is C13H10BrF. The molecule has 0 heterocycles. The van der Waals surface area contributed by atoms with Gasteiger partial charge in [0.25, 0.3) is 0 Å². The highest BCUT2D eigenvalue weighted by Crippen LogP contribution is 2.22. The van der Waals surface area contributed by atoms with E-state index in [4.69, 9.17) is 0 Å². The Kier molecular flexibility index (Phi) is 3.17. The maximum Gasteiger partial charge on any atom is 0.115 e. The maximum absolute atomic E-state index is 12.3. The molecule has 0 bridgehead atoms. The lowest BCUT2D eigenvalue weighted by molar-refractivity contribution is 0.485. The lowest BCUT2D eigenvalue weighted by Gasteiger charge is -2.02. The first kappa shape index (κ1) is 10.4. The average Bonchev–Trinajstić information content (AvgIpc) is 2.30. The zero-order valence-corrected chi connectivity index (χ0v) is 9.67. The molecule has 0 spiro atoms. The van der Waals surface area contributed by atoms with Crippen molar-refractivity contribution in [1.29, 1.82) is 0 Å². The van der Waals surface area contributed by atoms with Crippen molar-refractivity contribution >= 4 is 15.9 Å². The monoisotopic (exact) mass is 264 g/mol. The molecule has 2 heteroatoms. The van der Waals surface area contributed by atoms with Crippen LogP contribution in [0.25, 0.3) is 11.1 Å². The van der Waals surface area contributed by atoms with E-state index in [1.165, 1.54) is 0 Å².